The van der Waals surface area contributed by atoms with Crippen molar-refractivity contribution in [3.63, 3.8) is 0 Å². The SMILES string of the molecule is Cc1ccc(S(=O)(=O)N[C@H](CC(C)C)C(=O)N[C@H](C)c2ccccc2)cc1. The van der Waals surface area contributed by atoms with Crippen LogP contribution in [0.25, 0.3) is 0 Å². The highest BCUT2D eigenvalue weighted by Crippen LogP contribution is 2.16. The minimum Gasteiger partial charge on any atom is -0.348 e. The lowest BCUT2D eigenvalue weighted by Gasteiger charge is -2.23. The Hall–Kier alpha value is -2.18. The van der Waals surface area contributed by atoms with Gasteiger partial charge < -0.3 is 5.32 Å². The Bertz CT molecular complexity index is 847. The molecule has 0 aliphatic heterocycles. The van der Waals surface area contributed by atoms with Gasteiger partial charge in [-0.3, -0.25) is 4.79 Å². The molecule has 0 heterocycles. The van der Waals surface area contributed by atoms with Gasteiger partial charge in [0.15, 0.2) is 0 Å². The predicted molar refractivity (Wildman–Crippen MR) is 108 cm³/mol. The van der Waals surface area contributed by atoms with Crippen molar-refractivity contribution in [3.05, 3.63) is 65.7 Å². The van der Waals surface area contributed by atoms with Crippen LogP contribution in [-0.4, -0.2) is 20.4 Å². The molecule has 2 N–H and O–H groups in total. The van der Waals surface area contributed by atoms with Crippen LogP contribution in [0.5, 0.6) is 0 Å². The third-order valence-corrected chi connectivity index (χ3v) is 5.80. The Morgan fingerprint density at radius 3 is 2.11 bits per heavy atom. The predicted octanol–water partition coefficient (Wildman–Crippen LogP) is 3.57. The molecule has 0 unspecified atom stereocenters. The average molecular weight is 389 g/mol. The lowest BCUT2D eigenvalue weighted by Crippen LogP contribution is -2.47. The summed E-state index contributed by atoms with van der Waals surface area (Å²) in [5.74, 6) is -0.163. The Labute approximate surface area is 162 Å². The molecule has 0 aliphatic carbocycles. The molecule has 146 valence electrons. The first-order chi connectivity index (χ1) is 12.7. The van der Waals surface area contributed by atoms with Crippen molar-refractivity contribution in [3.8, 4) is 0 Å². The highest BCUT2D eigenvalue weighted by Gasteiger charge is 2.27. The lowest BCUT2D eigenvalue weighted by molar-refractivity contribution is -0.123. The molecular weight excluding hydrogens is 360 g/mol. The summed E-state index contributed by atoms with van der Waals surface area (Å²) in [6.07, 6.45) is 0.415. The standard InChI is InChI=1S/C21H28N2O3S/c1-15(2)14-20(21(24)22-17(4)18-8-6-5-7-9-18)23-27(25,26)19-12-10-16(3)11-13-19/h5-13,15,17,20,23H,14H2,1-4H3,(H,22,24)/t17-,20-/m1/s1. The van der Waals surface area contributed by atoms with Crippen LogP contribution in [0.3, 0.4) is 0 Å². The van der Waals surface area contributed by atoms with Crippen molar-refractivity contribution in [2.75, 3.05) is 0 Å². The second-order valence-electron chi connectivity index (χ2n) is 7.26. The average Bonchev–Trinajstić information content (AvgIpc) is 2.61. The van der Waals surface area contributed by atoms with E-state index in [1.54, 1.807) is 24.3 Å². The van der Waals surface area contributed by atoms with Crippen LogP contribution < -0.4 is 10.0 Å². The lowest BCUT2D eigenvalue weighted by atomic mass is 10.0. The van der Waals surface area contributed by atoms with Crippen LogP contribution in [0.2, 0.25) is 0 Å². The van der Waals surface area contributed by atoms with Gasteiger partial charge in [-0.05, 0) is 43.9 Å². The van der Waals surface area contributed by atoms with Crippen molar-refractivity contribution in [2.24, 2.45) is 5.92 Å². The summed E-state index contributed by atoms with van der Waals surface area (Å²) in [7, 11) is -3.78. The third-order valence-electron chi connectivity index (χ3n) is 4.31. The van der Waals surface area contributed by atoms with Crippen LogP contribution in [0.1, 0.15) is 44.4 Å². The molecule has 0 saturated heterocycles. The number of carbonyl (C=O) groups excluding carboxylic acids is 1. The fourth-order valence-corrected chi connectivity index (χ4v) is 4.00. The van der Waals surface area contributed by atoms with Gasteiger partial charge >= 0.3 is 0 Å². The molecule has 2 aromatic rings. The molecule has 0 aliphatic rings. The molecule has 2 aromatic carbocycles. The second kappa shape index (κ2) is 9.15. The normalized spacial score (nSPS) is 14.0. The van der Waals surface area contributed by atoms with E-state index in [0.29, 0.717) is 6.42 Å². The summed E-state index contributed by atoms with van der Waals surface area (Å²) in [4.78, 5) is 12.9. The molecule has 0 spiro atoms. The van der Waals surface area contributed by atoms with Crippen LogP contribution in [0.4, 0.5) is 0 Å². The number of sulfonamides is 1. The van der Waals surface area contributed by atoms with Crippen LogP contribution in [0.15, 0.2) is 59.5 Å². The van der Waals surface area contributed by atoms with E-state index < -0.39 is 16.1 Å². The van der Waals surface area contributed by atoms with Gasteiger partial charge in [0.25, 0.3) is 0 Å². The summed E-state index contributed by atoms with van der Waals surface area (Å²) in [6, 6.07) is 15.1. The topological polar surface area (TPSA) is 75.3 Å². The molecule has 0 saturated carbocycles. The number of amides is 1. The van der Waals surface area contributed by atoms with Gasteiger partial charge in [-0.2, -0.15) is 4.72 Å². The number of hydrogen-bond acceptors (Lipinski definition) is 3. The fourth-order valence-electron chi connectivity index (χ4n) is 2.79. The van der Waals surface area contributed by atoms with Gasteiger partial charge in [-0.25, -0.2) is 8.42 Å². The number of aryl methyl sites for hydroxylation is 1. The molecule has 27 heavy (non-hydrogen) atoms. The zero-order chi connectivity index (χ0) is 20.0. The van der Waals surface area contributed by atoms with E-state index in [1.807, 2.05) is 58.0 Å². The molecule has 0 aromatic heterocycles. The molecule has 2 rings (SSSR count). The molecule has 6 heteroatoms. The maximum absolute atomic E-state index is 12.8. The van der Waals surface area contributed by atoms with E-state index >= 15 is 0 Å². The van der Waals surface area contributed by atoms with Crippen molar-refractivity contribution >= 4 is 15.9 Å². The Kier molecular flexibility index (Phi) is 7.16. The zero-order valence-electron chi connectivity index (χ0n) is 16.3. The number of rotatable bonds is 8. The molecule has 1 amide bonds. The van der Waals surface area contributed by atoms with Gasteiger partial charge in [0.05, 0.1) is 10.9 Å². The minimum atomic E-state index is -3.78. The monoisotopic (exact) mass is 388 g/mol. The smallest absolute Gasteiger partial charge is 0.241 e. The van der Waals surface area contributed by atoms with Gasteiger partial charge in [-0.15, -0.1) is 0 Å². The zero-order valence-corrected chi connectivity index (χ0v) is 17.1. The summed E-state index contributed by atoms with van der Waals surface area (Å²) >= 11 is 0. The number of benzene rings is 2. The maximum Gasteiger partial charge on any atom is 0.241 e. The van der Waals surface area contributed by atoms with Crippen molar-refractivity contribution in [2.45, 2.75) is 51.1 Å². The summed E-state index contributed by atoms with van der Waals surface area (Å²) < 4.78 is 28.0. The van der Waals surface area contributed by atoms with Crippen molar-refractivity contribution < 1.29 is 13.2 Å². The van der Waals surface area contributed by atoms with Gasteiger partial charge in [0.1, 0.15) is 6.04 Å². The Morgan fingerprint density at radius 2 is 1.56 bits per heavy atom. The van der Waals surface area contributed by atoms with Crippen LogP contribution in [-0.2, 0) is 14.8 Å². The molecule has 2 atom stereocenters. The first kappa shape index (κ1) is 21.1. The summed E-state index contributed by atoms with van der Waals surface area (Å²) in [5.41, 5.74) is 1.94. The Balaban J connectivity index is 2.16. The van der Waals surface area contributed by atoms with E-state index in [1.165, 1.54) is 0 Å². The van der Waals surface area contributed by atoms with E-state index in [4.69, 9.17) is 0 Å². The van der Waals surface area contributed by atoms with E-state index in [9.17, 15) is 13.2 Å². The van der Waals surface area contributed by atoms with Crippen molar-refractivity contribution in [1.82, 2.24) is 10.0 Å². The number of hydrogen-bond donors (Lipinski definition) is 2. The first-order valence-electron chi connectivity index (χ1n) is 9.13. The summed E-state index contributed by atoms with van der Waals surface area (Å²) in [6.45, 7) is 7.69. The molecule has 0 bridgehead atoms. The molecule has 5 nitrogen and oxygen atoms in total. The van der Waals surface area contributed by atoms with E-state index in [-0.39, 0.29) is 22.8 Å². The highest BCUT2D eigenvalue weighted by atomic mass is 32.2. The highest BCUT2D eigenvalue weighted by molar-refractivity contribution is 7.89. The number of carbonyl (C=O) groups is 1. The van der Waals surface area contributed by atoms with E-state index in [2.05, 4.69) is 10.0 Å². The molecule has 0 radical (unpaired) electrons. The molecular formula is C21H28N2O3S. The minimum absolute atomic E-state index is 0.158. The Morgan fingerprint density at radius 1 is 0.963 bits per heavy atom. The van der Waals surface area contributed by atoms with Gasteiger partial charge in [-0.1, -0.05) is 61.9 Å². The maximum atomic E-state index is 12.8. The first-order valence-corrected chi connectivity index (χ1v) is 10.6. The van der Waals surface area contributed by atoms with Crippen molar-refractivity contribution in [1.29, 1.82) is 0 Å². The number of nitrogens with one attached hydrogen (secondary N) is 2. The van der Waals surface area contributed by atoms with Crippen LogP contribution in [0, 0.1) is 12.8 Å². The molecule has 0 fully saturated rings. The summed E-state index contributed by atoms with van der Waals surface area (Å²) in [5, 5.41) is 2.92. The fraction of sp³-hybridized carbons (Fsp3) is 0.381. The van der Waals surface area contributed by atoms with E-state index in [0.717, 1.165) is 11.1 Å². The largest absolute Gasteiger partial charge is 0.348 e. The van der Waals surface area contributed by atoms with Gasteiger partial charge in [0, 0.05) is 0 Å². The van der Waals surface area contributed by atoms with Gasteiger partial charge in [0.2, 0.25) is 15.9 Å². The van der Waals surface area contributed by atoms with Crippen LogP contribution >= 0.6 is 0 Å². The third kappa shape index (κ3) is 6.19. The quantitative estimate of drug-likeness (QED) is 0.726. The second-order valence-corrected chi connectivity index (χ2v) is 8.97.